The van der Waals surface area contributed by atoms with Crippen LogP contribution in [0.5, 0.6) is 0 Å². The summed E-state index contributed by atoms with van der Waals surface area (Å²) in [6.45, 7) is 0. The summed E-state index contributed by atoms with van der Waals surface area (Å²) in [4.78, 5) is 19.7. The maximum absolute atomic E-state index is 9.85. The highest BCUT2D eigenvalue weighted by Gasteiger charge is 1.99. The van der Waals surface area contributed by atoms with Gasteiger partial charge in [-0.25, -0.2) is 9.59 Å². The molecule has 0 heterocycles. The highest BCUT2D eigenvalue weighted by atomic mass is 32.2. The highest BCUT2D eigenvalue weighted by Crippen LogP contribution is 2.07. The van der Waals surface area contributed by atoms with Crippen LogP contribution in [0, 0.1) is 0 Å². The van der Waals surface area contributed by atoms with Gasteiger partial charge < -0.3 is 10.2 Å². The minimum Gasteiger partial charge on any atom is -0.473 e. The predicted octanol–water partition coefficient (Wildman–Crippen LogP) is 1.81. The summed E-state index contributed by atoms with van der Waals surface area (Å²) < 4.78 is 0. The molecule has 0 aromatic heterocycles. The third-order valence-electron chi connectivity index (χ3n) is 0.534. The molecule has 10 heavy (non-hydrogen) atoms. The van der Waals surface area contributed by atoms with Gasteiger partial charge in [0.05, 0.1) is 0 Å². The summed E-state index contributed by atoms with van der Waals surface area (Å²) in [5.74, 6) is 0.651. The van der Waals surface area contributed by atoms with E-state index in [1.165, 1.54) is 0 Å². The first kappa shape index (κ1) is 9.64. The smallest absolute Gasteiger partial charge is 0.364 e. The molecule has 0 fully saturated rings. The molecule has 0 bridgehead atoms. The van der Waals surface area contributed by atoms with Gasteiger partial charge in [-0.2, -0.15) is 0 Å². The van der Waals surface area contributed by atoms with Crippen molar-refractivity contribution in [3.05, 3.63) is 0 Å². The fourth-order valence-electron chi connectivity index (χ4n) is 0.258. The molecule has 0 unspecified atom stereocenters. The Kier molecular flexibility index (Phi) is 5.23. The van der Waals surface area contributed by atoms with E-state index in [9.17, 15) is 9.59 Å². The number of thioether (sulfide) groups is 2. The molecule has 0 amide bonds. The Labute approximate surface area is 66.0 Å². The molecule has 0 saturated heterocycles. The van der Waals surface area contributed by atoms with Crippen LogP contribution in [0.2, 0.25) is 0 Å². The van der Waals surface area contributed by atoms with Gasteiger partial charge in [0.2, 0.25) is 0 Å². The standard InChI is InChI=1S/C4H6O4S2/c5-3(6)9-1-2-10-4(7)8/h1-2H2,(H,5,6)(H,7,8). The molecule has 0 aromatic rings. The molecule has 0 aromatic carbocycles. The third kappa shape index (κ3) is 7.64. The van der Waals surface area contributed by atoms with E-state index in [0.717, 1.165) is 0 Å². The summed E-state index contributed by atoms with van der Waals surface area (Å²) in [5, 5.41) is 14.2. The Morgan fingerprint density at radius 3 is 1.50 bits per heavy atom. The van der Waals surface area contributed by atoms with Crippen LogP contribution in [0.25, 0.3) is 0 Å². The van der Waals surface area contributed by atoms with Crippen LogP contribution >= 0.6 is 23.5 Å². The number of hydrogen-bond acceptors (Lipinski definition) is 4. The van der Waals surface area contributed by atoms with Crippen molar-refractivity contribution < 1.29 is 19.8 Å². The summed E-state index contributed by atoms with van der Waals surface area (Å²) in [6, 6.07) is 0. The van der Waals surface area contributed by atoms with E-state index in [4.69, 9.17) is 10.2 Å². The molecule has 58 valence electrons. The van der Waals surface area contributed by atoms with Gasteiger partial charge >= 0.3 is 10.6 Å². The molecule has 2 N–H and O–H groups in total. The van der Waals surface area contributed by atoms with Crippen molar-refractivity contribution in [2.75, 3.05) is 11.5 Å². The van der Waals surface area contributed by atoms with E-state index in [0.29, 0.717) is 35.0 Å². The molecule has 0 aliphatic rings. The number of rotatable bonds is 3. The Morgan fingerprint density at radius 2 is 1.30 bits per heavy atom. The van der Waals surface area contributed by atoms with Crippen molar-refractivity contribution in [3.63, 3.8) is 0 Å². The molecule has 0 atom stereocenters. The quantitative estimate of drug-likeness (QED) is 0.648. The Morgan fingerprint density at radius 1 is 1.00 bits per heavy atom. The summed E-state index contributed by atoms with van der Waals surface area (Å²) in [6.07, 6.45) is 0. The summed E-state index contributed by atoms with van der Waals surface area (Å²) in [5.41, 5.74) is 0. The maximum atomic E-state index is 9.85. The maximum Gasteiger partial charge on any atom is 0.364 e. The summed E-state index contributed by atoms with van der Waals surface area (Å²) in [7, 11) is 0. The van der Waals surface area contributed by atoms with Crippen LogP contribution in [0.4, 0.5) is 9.59 Å². The molecule has 0 saturated carbocycles. The lowest BCUT2D eigenvalue weighted by molar-refractivity contribution is 0.221. The first-order valence-electron chi connectivity index (χ1n) is 2.34. The lowest BCUT2D eigenvalue weighted by Crippen LogP contribution is -1.93. The van der Waals surface area contributed by atoms with Crippen LogP contribution in [-0.2, 0) is 0 Å². The van der Waals surface area contributed by atoms with Gasteiger partial charge in [-0.15, -0.1) is 0 Å². The fourth-order valence-corrected chi connectivity index (χ4v) is 1.27. The van der Waals surface area contributed by atoms with Gasteiger partial charge in [-0.3, -0.25) is 0 Å². The summed E-state index contributed by atoms with van der Waals surface area (Å²) >= 11 is 1.41. The molecular formula is C4H6O4S2. The average molecular weight is 182 g/mol. The van der Waals surface area contributed by atoms with Crippen molar-refractivity contribution in [2.24, 2.45) is 0 Å². The second kappa shape index (κ2) is 5.43. The SMILES string of the molecule is O=C(O)SCCSC(=O)O. The van der Waals surface area contributed by atoms with E-state index in [-0.39, 0.29) is 0 Å². The van der Waals surface area contributed by atoms with Gasteiger partial charge in [0, 0.05) is 11.5 Å². The van der Waals surface area contributed by atoms with E-state index in [1.807, 2.05) is 0 Å². The predicted molar refractivity (Wildman–Crippen MR) is 41.0 cm³/mol. The van der Waals surface area contributed by atoms with Gasteiger partial charge in [-0.05, 0) is 23.5 Å². The highest BCUT2D eigenvalue weighted by molar-refractivity contribution is 8.16. The number of carbonyl (C=O) groups is 2. The van der Waals surface area contributed by atoms with Crippen molar-refractivity contribution in [2.45, 2.75) is 0 Å². The molecule has 6 heteroatoms. The van der Waals surface area contributed by atoms with Gasteiger partial charge in [0.1, 0.15) is 0 Å². The molecule has 0 rings (SSSR count). The van der Waals surface area contributed by atoms with Gasteiger partial charge in [-0.1, -0.05) is 0 Å². The van der Waals surface area contributed by atoms with Crippen molar-refractivity contribution in [1.29, 1.82) is 0 Å². The topological polar surface area (TPSA) is 74.6 Å². The van der Waals surface area contributed by atoms with Crippen molar-refractivity contribution >= 4 is 34.1 Å². The fraction of sp³-hybridized carbons (Fsp3) is 0.500. The molecule has 0 spiro atoms. The second-order valence-corrected chi connectivity index (χ2v) is 3.32. The minimum atomic E-state index is -0.967. The van der Waals surface area contributed by atoms with Gasteiger partial charge in [0.15, 0.2) is 0 Å². The van der Waals surface area contributed by atoms with E-state index in [2.05, 4.69) is 0 Å². The number of carboxylic acid groups (broad SMARTS) is 2. The van der Waals surface area contributed by atoms with Crippen LogP contribution in [0.1, 0.15) is 0 Å². The van der Waals surface area contributed by atoms with E-state index >= 15 is 0 Å². The van der Waals surface area contributed by atoms with Crippen LogP contribution in [0.3, 0.4) is 0 Å². The molecular weight excluding hydrogens is 176 g/mol. The zero-order valence-electron chi connectivity index (χ0n) is 4.94. The van der Waals surface area contributed by atoms with Crippen molar-refractivity contribution in [1.82, 2.24) is 0 Å². The third-order valence-corrected chi connectivity index (χ3v) is 2.10. The minimum absolute atomic E-state index is 0.326. The van der Waals surface area contributed by atoms with Gasteiger partial charge in [0.25, 0.3) is 0 Å². The monoisotopic (exact) mass is 182 g/mol. The zero-order chi connectivity index (χ0) is 7.98. The molecule has 0 aliphatic carbocycles. The zero-order valence-corrected chi connectivity index (χ0v) is 6.57. The van der Waals surface area contributed by atoms with E-state index in [1.54, 1.807) is 0 Å². The van der Waals surface area contributed by atoms with Crippen LogP contribution in [0.15, 0.2) is 0 Å². The largest absolute Gasteiger partial charge is 0.473 e. The first-order chi connectivity index (χ1) is 4.63. The Hall–Kier alpha value is -0.360. The normalized spacial score (nSPS) is 9.20. The molecule has 0 radical (unpaired) electrons. The van der Waals surface area contributed by atoms with E-state index < -0.39 is 10.6 Å². The van der Waals surface area contributed by atoms with Crippen molar-refractivity contribution in [3.8, 4) is 0 Å². The lowest BCUT2D eigenvalue weighted by atomic mass is 11.0. The Balaban J connectivity index is 3.06. The second-order valence-electron chi connectivity index (χ2n) is 1.23. The first-order valence-corrected chi connectivity index (χ1v) is 4.31. The van der Waals surface area contributed by atoms with Crippen LogP contribution in [-0.4, -0.2) is 32.3 Å². The number of hydrogen-bond donors (Lipinski definition) is 2. The molecule has 0 aliphatic heterocycles. The Bertz CT molecular complexity index is 119. The average Bonchev–Trinajstić information content (AvgIpc) is 1.79. The molecule has 4 nitrogen and oxygen atoms in total. The lowest BCUT2D eigenvalue weighted by Gasteiger charge is -1.91. The van der Waals surface area contributed by atoms with Crippen LogP contribution < -0.4 is 0 Å².